The molecule has 1 spiro atoms. The van der Waals surface area contributed by atoms with Gasteiger partial charge in [0, 0.05) is 30.1 Å². The monoisotopic (exact) mass is 419 g/mol. The molecule has 0 unspecified atom stereocenters. The second-order valence-electron chi connectivity index (χ2n) is 8.76. The maximum Gasteiger partial charge on any atom is 0.434 e. The minimum atomic E-state index is -4.45. The van der Waals surface area contributed by atoms with Gasteiger partial charge >= 0.3 is 6.18 Å². The van der Waals surface area contributed by atoms with Crippen LogP contribution in [0.2, 0.25) is 0 Å². The Hall–Kier alpha value is -2.02. The number of alkyl halides is 3. The molecule has 1 saturated heterocycles. The summed E-state index contributed by atoms with van der Waals surface area (Å²) in [6, 6.07) is 6.10. The molecule has 2 aromatic heterocycles. The van der Waals surface area contributed by atoms with Gasteiger partial charge in [-0.15, -0.1) is 0 Å². The molecule has 0 radical (unpaired) electrons. The summed E-state index contributed by atoms with van der Waals surface area (Å²) in [6.45, 7) is 0.746. The Kier molecular flexibility index (Phi) is 6.09. The average Bonchev–Trinajstić information content (AvgIpc) is 3.19. The van der Waals surface area contributed by atoms with Crippen LogP contribution in [-0.2, 0) is 22.7 Å². The van der Waals surface area contributed by atoms with E-state index in [2.05, 4.69) is 16.0 Å². The molecule has 4 rings (SSSR count). The van der Waals surface area contributed by atoms with Gasteiger partial charge in [-0.3, -0.25) is 9.97 Å². The highest BCUT2D eigenvalue weighted by Crippen LogP contribution is 2.50. The molecular formula is C23H28F3N3O. The van der Waals surface area contributed by atoms with Gasteiger partial charge in [0.1, 0.15) is 0 Å². The number of hydrogen-bond acceptors (Lipinski definition) is 4. The lowest BCUT2D eigenvalue weighted by molar-refractivity contribution is -0.141. The minimum absolute atomic E-state index is 0.0245. The maximum atomic E-state index is 12.9. The molecule has 7 heteroatoms. The number of hydrogen-bond donors (Lipinski definition) is 0. The van der Waals surface area contributed by atoms with E-state index in [-0.39, 0.29) is 11.0 Å². The molecule has 0 aromatic carbocycles. The summed E-state index contributed by atoms with van der Waals surface area (Å²) >= 11 is 0. The van der Waals surface area contributed by atoms with Gasteiger partial charge < -0.3 is 4.74 Å². The first kappa shape index (κ1) is 21.2. The van der Waals surface area contributed by atoms with E-state index < -0.39 is 11.9 Å². The Morgan fingerprint density at radius 1 is 1.03 bits per heavy atom. The first-order valence-electron chi connectivity index (χ1n) is 10.8. The predicted octanol–water partition coefficient (Wildman–Crippen LogP) is 5.66. The van der Waals surface area contributed by atoms with Gasteiger partial charge in [0.25, 0.3) is 0 Å². The van der Waals surface area contributed by atoms with Crippen LogP contribution < -0.4 is 0 Å². The van der Waals surface area contributed by atoms with Gasteiger partial charge in [0.15, 0.2) is 5.69 Å². The fourth-order valence-corrected chi connectivity index (χ4v) is 5.23. The van der Waals surface area contributed by atoms with E-state index >= 15 is 0 Å². The second kappa shape index (κ2) is 8.61. The summed E-state index contributed by atoms with van der Waals surface area (Å²) in [5.41, 5.74) is 0.554. The van der Waals surface area contributed by atoms with Crippen LogP contribution in [0.3, 0.4) is 0 Å². The lowest BCUT2D eigenvalue weighted by atomic mass is 9.67. The second-order valence-corrected chi connectivity index (χ2v) is 8.76. The van der Waals surface area contributed by atoms with Gasteiger partial charge in [0.05, 0.1) is 17.5 Å². The van der Waals surface area contributed by atoms with E-state index in [4.69, 9.17) is 9.72 Å². The van der Waals surface area contributed by atoms with Gasteiger partial charge in [-0.2, -0.15) is 13.2 Å². The standard InChI is InChI=1S/C23H28F3N3O/c24-23(25,26)20-16-27-15-18(29-20)7-1-3-9-21(19-8-2-6-13-28-19)12-14-30-22(17-21)10-4-5-11-22/h2,6,8,13,15-16H,1,3-5,7,9-12,14,17H2/t21-/m1/s1. The molecule has 1 aliphatic heterocycles. The maximum absolute atomic E-state index is 12.9. The summed E-state index contributed by atoms with van der Waals surface area (Å²) in [4.78, 5) is 12.2. The number of pyridine rings is 1. The lowest BCUT2D eigenvalue weighted by Gasteiger charge is -2.46. The van der Waals surface area contributed by atoms with E-state index in [9.17, 15) is 13.2 Å². The molecule has 4 nitrogen and oxygen atoms in total. The molecule has 162 valence electrons. The Bertz CT molecular complexity index is 837. The normalized spacial score (nSPS) is 23.7. The van der Waals surface area contributed by atoms with Crippen LogP contribution in [0.5, 0.6) is 0 Å². The molecule has 1 saturated carbocycles. The number of halogens is 3. The van der Waals surface area contributed by atoms with E-state index in [1.54, 1.807) is 0 Å². The zero-order chi connectivity index (χ0) is 21.1. The Labute approximate surface area is 175 Å². The molecule has 2 aliphatic rings. The summed E-state index contributed by atoms with van der Waals surface area (Å²) < 4.78 is 44.9. The molecular weight excluding hydrogens is 391 g/mol. The summed E-state index contributed by atoms with van der Waals surface area (Å²) in [5, 5.41) is 0. The molecule has 30 heavy (non-hydrogen) atoms. The molecule has 2 aromatic rings. The van der Waals surface area contributed by atoms with Gasteiger partial charge in [-0.05, 0) is 57.1 Å². The van der Waals surface area contributed by atoms with Crippen LogP contribution in [0.4, 0.5) is 13.2 Å². The number of nitrogens with zero attached hydrogens (tertiary/aromatic N) is 3. The van der Waals surface area contributed by atoms with Crippen molar-refractivity contribution in [2.75, 3.05) is 6.61 Å². The van der Waals surface area contributed by atoms with Crippen LogP contribution in [0.15, 0.2) is 36.8 Å². The van der Waals surface area contributed by atoms with Gasteiger partial charge in [-0.1, -0.05) is 25.3 Å². The third-order valence-electron chi connectivity index (χ3n) is 6.69. The highest BCUT2D eigenvalue weighted by Gasteiger charge is 2.48. The van der Waals surface area contributed by atoms with Crippen molar-refractivity contribution in [3.05, 3.63) is 53.9 Å². The summed E-state index contributed by atoms with van der Waals surface area (Å²) in [5.74, 6) is 0. The van der Waals surface area contributed by atoms with E-state index in [1.807, 2.05) is 18.3 Å². The molecule has 0 bridgehead atoms. The van der Waals surface area contributed by atoms with Crippen molar-refractivity contribution in [2.45, 2.75) is 81.4 Å². The van der Waals surface area contributed by atoms with Crippen molar-refractivity contribution in [1.82, 2.24) is 15.0 Å². The van der Waals surface area contributed by atoms with Gasteiger partial charge in [-0.25, -0.2) is 4.98 Å². The molecule has 0 amide bonds. The molecule has 0 N–H and O–H groups in total. The topological polar surface area (TPSA) is 47.9 Å². The lowest BCUT2D eigenvalue weighted by Crippen LogP contribution is -2.46. The van der Waals surface area contributed by atoms with Crippen LogP contribution in [0.1, 0.15) is 74.9 Å². The van der Waals surface area contributed by atoms with Crippen LogP contribution in [0, 0.1) is 0 Å². The number of aryl methyl sites for hydroxylation is 1. The Balaban J connectivity index is 1.43. The third kappa shape index (κ3) is 4.66. The van der Waals surface area contributed by atoms with E-state index in [1.165, 1.54) is 19.0 Å². The van der Waals surface area contributed by atoms with Crippen molar-refractivity contribution in [3.63, 3.8) is 0 Å². The van der Waals surface area contributed by atoms with Crippen LogP contribution in [0.25, 0.3) is 0 Å². The largest absolute Gasteiger partial charge is 0.434 e. The fraction of sp³-hybridized carbons (Fsp3) is 0.609. The highest BCUT2D eigenvalue weighted by atomic mass is 19.4. The first-order chi connectivity index (χ1) is 14.4. The smallest absolute Gasteiger partial charge is 0.375 e. The fourth-order valence-electron chi connectivity index (χ4n) is 5.23. The van der Waals surface area contributed by atoms with Crippen molar-refractivity contribution < 1.29 is 17.9 Å². The molecule has 1 aliphatic carbocycles. The average molecular weight is 419 g/mol. The number of unbranched alkanes of at least 4 members (excludes halogenated alkanes) is 1. The third-order valence-corrected chi connectivity index (χ3v) is 6.69. The number of aromatic nitrogens is 3. The highest BCUT2D eigenvalue weighted by molar-refractivity contribution is 5.20. The van der Waals surface area contributed by atoms with Crippen molar-refractivity contribution >= 4 is 0 Å². The Morgan fingerprint density at radius 3 is 2.60 bits per heavy atom. The quantitative estimate of drug-likeness (QED) is 0.567. The van der Waals surface area contributed by atoms with Crippen LogP contribution >= 0.6 is 0 Å². The summed E-state index contributed by atoms with van der Waals surface area (Å²) in [7, 11) is 0. The zero-order valence-corrected chi connectivity index (χ0v) is 17.1. The first-order valence-corrected chi connectivity index (χ1v) is 10.8. The van der Waals surface area contributed by atoms with Crippen molar-refractivity contribution in [1.29, 1.82) is 0 Å². The molecule has 3 heterocycles. The van der Waals surface area contributed by atoms with Crippen molar-refractivity contribution in [2.24, 2.45) is 0 Å². The number of rotatable bonds is 6. The SMILES string of the molecule is FC(F)(F)c1cncc(CCCC[C@@]2(c3ccccn3)CCOC3(CCCC3)C2)n1. The molecule has 2 fully saturated rings. The number of ether oxygens (including phenoxy) is 1. The predicted molar refractivity (Wildman–Crippen MR) is 107 cm³/mol. The van der Waals surface area contributed by atoms with Crippen molar-refractivity contribution in [3.8, 4) is 0 Å². The minimum Gasteiger partial charge on any atom is -0.375 e. The van der Waals surface area contributed by atoms with Crippen LogP contribution in [-0.4, -0.2) is 27.2 Å². The van der Waals surface area contributed by atoms with E-state index in [0.29, 0.717) is 12.1 Å². The van der Waals surface area contributed by atoms with Gasteiger partial charge in [0.2, 0.25) is 0 Å². The zero-order valence-electron chi connectivity index (χ0n) is 17.1. The summed E-state index contributed by atoms with van der Waals surface area (Å²) in [6.07, 6.45) is 9.34. The van der Waals surface area contributed by atoms with E-state index in [0.717, 1.165) is 63.4 Å². The Morgan fingerprint density at radius 2 is 1.87 bits per heavy atom. The molecule has 1 atom stereocenters.